The van der Waals surface area contributed by atoms with Crippen LogP contribution in [0.25, 0.3) is 0 Å². The van der Waals surface area contributed by atoms with Gasteiger partial charge >= 0.3 is 0 Å². The lowest BCUT2D eigenvalue weighted by molar-refractivity contribution is -0.118. The van der Waals surface area contributed by atoms with Crippen LogP contribution < -0.4 is 10.6 Å². The summed E-state index contributed by atoms with van der Waals surface area (Å²) in [7, 11) is -3.67. The first-order chi connectivity index (χ1) is 16.2. The molecule has 0 atom stereocenters. The van der Waals surface area contributed by atoms with Crippen LogP contribution in [0.2, 0.25) is 0 Å². The second kappa shape index (κ2) is 11.4. The third-order valence-electron chi connectivity index (χ3n) is 6.21. The van der Waals surface area contributed by atoms with Crippen molar-refractivity contribution < 1.29 is 18.0 Å². The zero-order chi connectivity index (χ0) is 24.6. The van der Waals surface area contributed by atoms with Crippen LogP contribution in [-0.4, -0.2) is 49.7 Å². The van der Waals surface area contributed by atoms with Crippen LogP contribution in [0.3, 0.4) is 0 Å². The van der Waals surface area contributed by atoms with Crippen molar-refractivity contribution in [2.75, 3.05) is 19.6 Å². The van der Waals surface area contributed by atoms with E-state index in [1.54, 1.807) is 12.1 Å². The Labute approximate surface area is 202 Å². The van der Waals surface area contributed by atoms with Crippen molar-refractivity contribution in [3.05, 3.63) is 78.4 Å². The Morgan fingerprint density at radius 1 is 1.03 bits per heavy atom. The number of carbonyl (C=O) groups is 2. The van der Waals surface area contributed by atoms with Crippen molar-refractivity contribution in [2.24, 2.45) is 0 Å². The minimum atomic E-state index is -3.67. The molecule has 2 aromatic carbocycles. The molecule has 1 aliphatic rings. The Kier molecular flexibility index (Phi) is 8.63. The smallest absolute Gasteiger partial charge is 0.251 e. The van der Waals surface area contributed by atoms with Gasteiger partial charge in [-0.25, -0.2) is 8.42 Å². The molecule has 1 aliphatic heterocycles. The van der Waals surface area contributed by atoms with Gasteiger partial charge < -0.3 is 10.6 Å². The number of nitrogens with one attached hydrogen (secondary N) is 2. The minimum absolute atomic E-state index is 0.158. The standard InChI is InChI=1S/C26H33N3O4S/c1-3-24(30)28-26(2)16-19-29(20-17-26)34(32,33)23-14-12-22(13-15-23)25(31)27-18-8-7-11-21-9-5-4-6-10-21/h3-6,9-10,12-15H,1,7-8,11,16-20H2,2H3,(H,27,31)(H,28,30). The third kappa shape index (κ3) is 6.77. The van der Waals surface area contributed by atoms with E-state index >= 15 is 0 Å². The highest BCUT2D eigenvalue weighted by atomic mass is 32.2. The van der Waals surface area contributed by atoms with Gasteiger partial charge in [0.15, 0.2) is 0 Å². The minimum Gasteiger partial charge on any atom is -0.352 e. The topological polar surface area (TPSA) is 95.6 Å². The fourth-order valence-electron chi connectivity index (χ4n) is 4.02. The number of benzene rings is 2. The van der Waals surface area contributed by atoms with Crippen molar-refractivity contribution in [2.45, 2.75) is 49.5 Å². The molecule has 0 bridgehead atoms. The molecule has 0 aromatic heterocycles. The molecular formula is C26H33N3O4S. The summed E-state index contributed by atoms with van der Waals surface area (Å²) in [5.41, 5.74) is 1.26. The first kappa shape index (κ1) is 25.6. The Morgan fingerprint density at radius 2 is 1.68 bits per heavy atom. The molecule has 34 heavy (non-hydrogen) atoms. The average Bonchev–Trinajstić information content (AvgIpc) is 2.84. The molecule has 2 amide bonds. The summed E-state index contributed by atoms with van der Waals surface area (Å²) in [5, 5.41) is 5.78. The van der Waals surface area contributed by atoms with E-state index in [-0.39, 0.29) is 16.7 Å². The van der Waals surface area contributed by atoms with Crippen molar-refractivity contribution in [1.29, 1.82) is 0 Å². The Balaban J connectivity index is 1.48. The zero-order valence-electron chi connectivity index (χ0n) is 19.6. The van der Waals surface area contributed by atoms with Gasteiger partial charge in [-0.2, -0.15) is 4.31 Å². The predicted molar refractivity (Wildman–Crippen MR) is 133 cm³/mol. The van der Waals surface area contributed by atoms with Crippen molar-refractivity contribution >= 4 is 21.8 Å². The number of amides is 2. The van der Waals surface area contributed by atoms with E-state index in [0.717, 1.165) is 19.3 Å². The molecule has 0 saturated carbocycles. The Bertz CT molecular complexity index is 1090. The largest absolute Gasteiger partial charge is 0.352 e. The van der Waals surface area contributed by atoms with Gasteiger partial charge in [0.25, 0.3) is 5.91 Å². The summed E-state index contributed by atoms with van der Waals surface area (Å²) in [6, 6.07) is 16.3. The maximum atomic E-state index is 13.0. The summed E-state index contributed by atoms with van der Waals surface area (Å²) < 4.78 is 27.5. The molecule has 2 N–H and O–H groups in total. The molecule has 3 rings (SSSR count). The number of hydrogen-bond acceptors (Lipinski definition) is 4. The van der Waals surface area contributed by atoms with Crippen LogP contribution in [0.15, 0.2) is 72.1 Å². The first-order valence-corrected chi connectivity index (χ1v) is 13.0. The number of aryl methyl sites for hydroxylation is 1. The zero-order valence-corrected chi connectivity index (χ0v) is 20.4. The SMILES string of the molecule is C=CC(=O)NC1(C)CCN(S(=O)(=O)c2ccc(C(=O)NCCCCc3ccccc3)cc2)CC1. The van der Waals surface area contributed by atoms with Gasteiger partial charge in [-0.15, -0.1) is 0 Å². The fraction of sp³-hybridized carbons (Fsp3) is 0.385. The second-order valence-electron chi connectivity index (χ2n) is 8.88. The van der Waals surface area contributed by atoms with E-state index in [4.69, 9.17) is 0 Å². The van der Waals surface area contributed by atoms with Gasteiger partial charge in [0, 0.05) is 30.7 Å². The summed E-state index contributed by atoms with van der Waals surface area (Å²) >= 11 is 0. The number of carbonyl (C=O) groups excluding carboxylic acids is 2. The predicted octanol–water partition coefficient (Wildman–Crippen LogP) is 3.28. The molecule has 182 valence electrons. The number of hydrogen-bond donors (Lipinski definition) is 2. The van der Waals surface area contributed by atoms with Crippen molar-refractivity contribution in [3.63, 3.8) is 0 Å². The van der Waals surface area contributed by atoms with E-state index in [9.17, 15) is 18.0 Å². The normalized spacial score (nSPS) is 15.9. The van der Waals surface area contributed by atoms with E-state index < -0.39 is 15.6 Å². The fourth-order valence-corrected chi connectivity index (χ4v) is 5.47. The highest BCUT2D eigenvalue weighted by Gasteiger charge is 2.36. The number of rotatable bonds is 10. The van der Waals surface area contributed by atoms with Crippen LogP contribution >= 0.6 is 0 Å². The van der Waals surface area contributed by atoms with Crippen LogP contribution in [-0.2, 0) is 21.2 Å². The molecule has 0 spiro atoms. The van der Waals surface area contributed by atoms with E-state index in [2.05, 4.69) is 29.3 Å². The summed E-state index contributed by atoms with van der Waals surface area (Å²) in [6.07, 6.45) is 5.06. The van der Waals surface area contributed by atoms with Crippen molar-refractivity contribution in [1.82, 2.24) is 14.9 Å². The number of sulfonamides is 1. The van der Waals surface area contributed by atoms with Gasteiger partial charge in [-0.3, -0.25) is 9.59 Å². The summed E-state index contributed by atoms with van der Waals surface area (Å²) in [6.45, 7) is 6.55. The second-order valence-corrected chi connectivity index (χ2v) is 10.8. The molecule has 1 heterocycles. The number of piperidine rings is 1. The van der Waals surface area contributed by atoms with E-state index in [1.165, 1.54) is 28.1 Å². The van der Waals surface area contributed by atoms with Crippen molar-refractivity contribution in [3.8, 4) is 0 Å². The molecule has 2 aromatic rings. The van der Waals surface area contributed by atoms with Gasteiger partial charge in [0.05, 0.1) is 4.90 Å². The van der Waals surface area contributed by atoms with E-state index in [0.29, 0.717) is 38.0 Å². The summed E-state index contributed by atoms with van der Waals surface area (Å²) in [5.74, 6) is -0.473. The Hall–Kier alpha value is -2.97. The molecule has 7 nitrogen and oxygen atoms in total. The van der Waals surface area contributed by atoms with E-state index in [1.807, 2.05) is 25.1 Å². The lowest BCUT2D eigenvalue weighted by Gasteiger charge is -2.39. The van der Waals surface area contributed by atoms with Crippen LogP contribution in [0.1, 0.15) is 48.5 Å². The van der Waals surface area contributed by atoms with Gasteiger partial charge in [-0.1, -0.05) is 36.9 Å². The molecule has 0 radical (unpaired) electrons. The first-order valence-electron chi connectivity index (χ1n) is 11.6. The lowest BCUT2D eigenvalue weighted by atomic mass is 9.90. The van der Waals surface area contributed by atoms with Crippen LogP contribution in [0.5, 0.6) is 0 Å². The lowest BCUT2D eigenvalue weighted by Crippen LogP contribution is -2.53. The number of unbranched alkanes of at least 4 members (excludes halogenated alkanes) is 1. The molecule has 1 saturated heterocycles. The maximum Gasteiger partial charge on any atom is 0.251 e. The van der Waals surface area contributed by atoms with Gasteiger partial charge in [0.2, 0.25) is 15.9 Å². The highest BCUT2D eigenvalue weighted by molar-refractivity contribution is 7.89. The average molecular weight is 484 g/mol. The molecule has 8 heteroatoms. The highest BCUT2D eigenvalue weighted by Crippen LogP contribution is 2.26. The Morgan fingerprint density at radius 3 is 2.29 bits per heavy atom. The quantitative estimate of drug-likeness (QED) is 0.400. The third-order valence-corrected chi connectivity index (χ3v) is 8.12. The van der Waals surface area contributed by atoms with Gasteiger partial charge in [0.1, 0.15) is 0 Å². The summed E-state index contributed by atoms with van der Waals surface area (Å²) in [4.78, 5) is 24.2. The molecule has 1 fully saturated rings. The molecular weight excluding hydrogens is 450 g/mol. The van der Waals surface area contributed by atoms with Crippen LogP contribution in [0, 0.1) is 0 Å². The molecule has 0 unspecified atom stereocenters. The maximum absolute atomic E-state index is 13.0. The van der Waals surface area contributed by atoms with Crippen LogP contribution in [0.4, 0.5) is 0 Å². The number of nitrogens with zero attached hydrogens (tertiary/aromatic N) is 1. The molecule has 0 aliphatic carbocycles. The van der Waals surface area contributed by atoms with Gasteiger partial charge in [-0.05, 0) is 74.9 Å². The monoisotopic (exact) mass is 483 g/mol.